The monoisotopic (exact) mass is 493 g/mol. The van der Waals surface area contributed by atoms with Crippen molar-refractivity contribution in [3.8, 4) is 11.5 Å². The quantitative estimate of drug-likeness (QED) is 0.232. The van der Waals surface area contributed by atoms with Crippen LogP contribution in [0.4, 0.5) is 0 Å². The number of hydrogen-bond acceptors (Lipinski definition) is 4. The summed E-state index contributed by atoms with van der Waals surface area (Å²) in [5, 5.41) is 6.66. The molecule has 0 radical (unpaired) electrons. The van der Waals surface area contributed by atoms with Gasteiger partial charge in [-0.1, -0.05) is 18.2 Å². The lowest BCUT2D eigenvalue weighted by atomic mass is 10.1. The highest BCUT2D eigenvalue weighted by atomic mass is 16.5. The average Bonchev–Trinajstić information content (AvgIpc) is 3.48. The highest BCUT2D eigenvalue weighted by molar-refractivity contribution is 6.13. The normalized spacial score (nSPS) is 12.1. The highest BCUT2D eigenvalue weighted by Gasteiger charge is 2.16. The van der Waals surface area contributed by atoms with Gasteiger partial charge in [-0.2, -0.15) is 0 Å². The van der Waals surface area contributed by atoms with Crippen LogP contribution >= 0.6 is 0 Å². The highest BCUT2D eigenvalue weighted by Crippen LogP contribution is 2.36. The number of aromatic nitrogens is 5. The number of fused-ring (bicyclic) bond motifs is 12. The Morgan fingerprint density at radius 2 is 1.34 bits per heavy atom. The molecule has 8 aromatic rings. The van der Waals surface area contributed by atoms with E-state index in [4.69, 9.17) is 14.7 Å². The van der Waals surface area contributed by atoms with E-state index in [2.05, 4.69) is 81.5 Å². The Labute approximate surface area is 217 Å². The summed E-state index contributed by atoms with van der Waals surface area (Å²) >= 11 is 0. The van der Waals surface area contributed by atoms with Crippen LogP contribution in [-0.2, 0) is 0 Å². The van der Waals surface area contributed by atoms with Crippen molar-refractivity contribution in [1.82, 2.24) is 23.8 Å². The Morgan fingerprint density at radius 1 is 0.632 bits per heavy atom. The third-order valence-corrected chi connectivity index (χ3v) is 7.61. The fourth-order valence-electron chi connectivity index (χ4n) is 5.77. The number of ether oxygens (including phenoxy) is 1. The van der Waals surface area contributed by atoms with E-state index in [9.17, 15) is 0 Å². The first kappa shape index (κ1) is 21.1. The van der Waals surface area contributed by atoms with E-state index < -0.39 is 0 Å². The molecule has 38 heavy (non-hydrogen) atoms. The fraction of sp³-hybridized carbons (Fsp3) is 0.0938. The Balaban J connectivity index is 1.33. The number of imidazole rings is 2. The van der Waals surface area contributed by atoms with E-state index in [0.717, 1.165) is 78.0 Å². The largest absolute Gasteiger partial charge is 0.457 e. The van der Waals surface area contributed by atoms with Gasteiger partial charge in [-0.25, -0.2) is 15.0 Å². The Morgan fingerprint density at radius 3 is 2.16 bits per heavy atom. The second-order valence-electron chi connectivity index (χ2n) is 9.93. The lowest BCUT2D eigenvalue weighted by molar-refractivity contribution is 0.484. The number of hydrogen-bond donors (Lipinski definition) is 0. The predicted molar refractivity (Wildman–Crippen MR) is 152 cm³/mol. The van der Waals surface area contributed by atoms with Gasteiger partial charge in [0.15, 0.2) is 0 Å². The number of pyridine rings is 3. The molecule has 0 unspecified atom stereocenters. The zero-order chi connectivity index (χ0) is 25.5. The molecule has 0 saturated carbocycles. The van der Waals surface area contributed by atoms with E-state index in [1.807, 2.05) is 38.2 Å². The zero-order valence-corrected chi connectivity index (χ0v) is 21.2. The predicted octanol–water partition coefficient (Wildman–Crippen LogP) is 7.71. The minimum atomic E-state index is 0.761. The zero-order valence-electron chi connectivity index (χ0n) is 21.2. The summed E-state index contributed by atoms with van der Waals surface area (Å²) in [6.07, 6.45) is 3.92. The Bertz CT molecular complexity index is 2260. The van der Waals surface area contributed by atoms with Crippen molar-refractivity contribution < 1.29 is 4.74 Å². The molecule has 8 rings (SSSR count). The van der Waals surface area contributed by atoms with Crippen LogP contribution in [0.5, 0.6) is 11.5 Å². The van der Waals surface area contributed by atoms with Crippen molar-refractivity contribution in [3.63, 3.8) is 0 Å². The van der Waals surface area contributed by atoms with Crippen molar-refractivity contribution in [1.29, 1.82) is 0 Å². The van der Waals surface area contributed by atoms with E-state index in [1.165, 1.54) is 5.39 Å². The van der Waals surface area contributed by atoms with Gasteiger partial charge in [0.05, 0.1) is 16.9 Å². The molecule has 6 nitrogen and oxygen atoms in total. The van der Waals surface area contributed by atoms with E-state index in [0.29, 0.717) is 0 Å². The van der Waals surface area contributed by atoms with Crippen molar-refractivity contribution in [2.75, 3.05) is 0 Å². The molecule has 0 aliphatic rings. The Hall–Kier alpha value is -4.97. The average molecular weight is 494 g/mol. The fourth-order valence-corrected chi connectivity index (χ4v) is 5.77. The molecular formula is C32H23N5O. The maximum Gasteiger partial charge on any atom is 0.146 e. The molecule has 6 heteroatoms. The molecule has 0 amide bonds. The summed E-state index contributed by atoms with van der Waals surface area (Å²) in [5.41, 5.74) is 6.97. The van der Waals surface area contributed by atoms with Gasteiger partial charge in [-0.05, 0) is 86.1 Å². The molecule has 0 spiro atoms. The van der Waals surface area contributed by atoms with Gasteiger partial charge >= 0.3 is 0 Å². The van der Waals surface area contributed by atoms with Crippen LogP contribution in [0.1, 0.15) is 17.1 Å². The SMILES string of the molecule is Cc1cn2c3ccccc3c3ccc(Oc4ccc5c6cccnc6n6c(C)c(C)nc6c5c4)cc3c2n1. The molecule has 3 aromatic carbocycles. The summed E-state index contributed by atoms with van der Waals surface area (Å²) in [4.78, 5) is 14.4. The summed E-state index contributed by atoms with van der Waals surface area (Å²) in [6.45, 7) is 6.16. The first-order chi connectivity index (χ1) is 18.6. The molecule has 182 valence electrons. The molecule has 0 bridgehead atoms. The lowest BCUT2D eigenvalue weighted by Crippen LogP contribution is -1.96. The van der Waals surface area contributed by atoms with Crippen LogP contribution in [0.15, 0.2) is 85.2 Å². The Kier molecular flexibility index (Phi) is 4.19. The molecule has 0 aliphatic heterocycles. The first-order valence-corrected chi connectivity index (χ1v) is 12.7. The topological polar surface area (TPSA) is 56.7 Å². The standard InChI is InChI=1S/C32H23N5O/c1-18-17-36-29-9-5-4-7-25(29)23-12-10-21(15-27(23)31(36)34-18)38-22-11-13-24-26-8-6-14-33-30(26)37-20(3)19(2)35-32(37)28(24)16-22/h4-17H,1-3H3. The third-order valence-electron chi connectivity index (χ3n) is 7.61. The van der Waals surface area contributed by atoms with Crippen molar-refractivity contribution in [3.05, 3.63) is 102 Å². The molecule has 0 aliphatic carbocycles. The van der Waals surface area contributed by atoms with Gasteiger partial charge in [0.25, 0.3) is 0 Å². The van der Waals surface area contributed by atoms with Gasteiger partial charge in [0.1, 0.15) is 28.4 Å². The van der Waals surface area contributed by atoms with Crippen LogP contribution < -0.4 is 4.74 Å². The molecule has 0 saturated heterocycles. The lowest BCUT2D eigenvalue weighted by Gasteiger charge is -2.12. The van der Waals surface area contributed by atoms with Crippen LogP contribution in [0.2, 0.25) is 0 Å². The minimum Gasteiger partial charge on any atom is -0.457 e. The molecular weight excluding hydrogens is 470 g/mol. The van der Waals surface area contributed by atoms with Crippen LogP contribution in [0, 0.1) is 20.8 Å². The summed E-state index contributed by atoms with van der Waals surface area (Å²) in [7, 11) is 0. The molecule has 0 fully saturated rings. The van der Waals surface area contributed by atoms with E-state index >= 15 is 0 Å². The molecule has 5 aromatic heterocycles. The van der Waals surface area contributed by atoms with E-state index in [-0.39, 0.29) is 0 Å². The second kappa shape index (κ2) is 7.52. The second-order valence-corrected chi connectivity index (χ2v) is 9.93. The summed E-state index contributed by atoms with van der Waals surface area (Å²) in [5.74, 6) is 1.53. The third kappa shape index (κ3) is 2.85. The number of aryl methyl sites for hydroxylation is 3. The number of nitrogens with zero attached hydrogens (tertiary/aromatic N) is 5. The van der Waals surface area contributed by atoms with Gasteiger partial charge in [0, 0.05) is 39.6 Å². The number of para-hydroxylation sites is 1. The van der Waals surface area contributed by atoms with E-state index in [1.54, 1.807) is 0 Å². The smallest absolute Gasteiger partial charge is 0.146 e. The first-order valence-electron chi connectivity index (χ1n) is 12.7. The van der Waals surface area contributed by atoms with Gasteiger partial charge in [0.2, 0.25) is 0 Å². The maximum atomic E-state index is 6.47. The summed E-state index contributed by atoms with van der Waals surface area (Å²) in [6, 6.07) is 25.0. The van der Waals surface area contributed by atoms with Crippen LogP contribution in [-0.4, -0.2) is 23.8 Å². The van der Waals surface area contributed by atoms with Gasteiger partial charge in [-0.15, -0.1) is 0 Å². The van der Waals surface area contributed by atoms with Gasteiger partial charge in [-0.3, -0.25) is 8.80 Å². The minimum absolute atomic E-state index is 0.761. The molecule has 0 N–H and O–H groups in total. The molecule has 0 atom stereocenters. The van der Waals surface area contributed by atoms with Crippen molar-refractivity contribution >= 4 is 54.8 Å². The van der Waals surface area contributed by atoms with Crippen LogP contribution in [0.3, 0.4) is 0 Å². The maximum absolute atomic E-state index is 6.47. The molecule has 5 heterocycles. The van der Waals surface area contributed by atoms with Crippen molar-refractivity contribution in [2.24, 2.45) is 0 Å². The number of benzene rings is 3. The van der Waals surface area contributed by atoms with Gasteiger partial charge < -0.3 is 4.74 Å². The number of rotatable bonds is 2. The summed E-state index contributed by atoms with van der Waals surface area (Å²) < 4.78 is 10.8. The van der Waals surface area contributed by atoms with Crippen molar-refractivity contribution in [2.45, 2.75) is 20.8 Å². The van der Waals surface area contributed by atoms with Crippen LogP contribution in [0.25, 0.3) is 54.8 Å².